The highest BCUT2D eigenvalue weighted by Gasteiger charge is 2.35. The normalized spacial score (nSPS) is 19.4. The number of amides is 1. The molecule has 2 aliphatic rings. The topological polar surface area (TPSA) is 64.2 Å². The van der Waals surface area contributed by atoms with E-state index in [1.54, 1.807) is 0 Å². The van der Waals surface area contributed by atoms with E-state index in [0.717, 1.165) is 24.1 Å². The van der Waals surface area contributed by atoms with Gasteiger partial charge >= 0.3 is 0 Å². The fourth-order valence-corrected chi connectivity index (χ4v) is 4.26. The summed E-state index contributed by atoms with van der Waals surface area (Å²) in [5, 5.41) is 0. The van der Waals surface area contributed by atoms with Crippen LogP contribution in [0.5, 0.6) is 0 Å². The maximum atomic E-state index is 13.2. The monoisotopic (exact) mass is 376 g/mol. The Balaban J connectivity index is 1.38. The first kappa shape index (κ1) is 17.2. The molecule has 0 bridgehead atoms. The molecule has 0 N–H and O–H groups in total. The van der Waals surface area contributed by atoms with Crippen LogP contribution in [0.15, 0.2) is 41.3 Å². The van der Waals surface area contributed by atoms with Gasteiger partial charge in [-0.1, -0.05) is 23.8 Å². The fourth-order valence-electron chi connectivity index (χ4n) is 4.26. The lowest BCUT2D eigenvalue weighted by atomic mass is 10.1. The zero-order chi connectivity index (χ0) is 19.3. The van der Waals surface area contributed by atoms with Crippen LogP contribution in [0.2, 0.25) is 0 Å². The van der Waals surface area contributed by atoms with Crippen molar-refractivity contribution in [1.82, 2.24) is 19.4 Å². The van der Waals surface area contributed by atoms with Crippen LogP contribution in [0.1, 0.15) is 58.8 Å². The van der Waals surface area contributed by atoms with Gasteiger partial charge in [-0.3, -0.25) is 4.79 Å². The Bertz CT molecular complexity index is 1030. The number of oxazole rings is 1. The molecule has 1 saturated heterocycles. The van der Waals surface area contributed by atoms with Crippen molar-refractivity contribution in [2.75, 3.05) is 13.1 Å². The van der Waals surface area contributed by atoms with Gasteiger partial charge < -0.3 is 13.9 Å². The number of aryl methyl sites for hydroxylation is 2. The van der Waals surface area contributed by atoms with Crippen molar-refractivity contribution in [3.05, 3.63) is 59.6 Å². The number of nitrogens with zero attached hydrogens (tertiary/aromatic N) is 4. The van der Waals surface area contributed by atoms with E-state index >= 15 is 0 Å². The van der Waals surface area contributed by atoms with Gasteiger partial charge in [0.25, 0.3) is 5.91 Å². The van der Waals surface area contributed by atoms with E-state index in [2.05, 4.69) is 21.5 Å². The number of hydrogen-bond donors (Lipinski definition) is 0. The van der Waals surface area contributed by atoms with Crippen molar-refractivity contribution < 1.29 is 9.21 Å². The number of hydrogen-bond acceptors (Lipinski definition) is 4. The Hall–Kier alpha value is -2.89. The average molecular weight is 376 g/mol. The Morgan fingerprint density at radius 2 is 2.04 bits per heavy atom. The highest BCUT2D eigenvalue weighted by molar-refractivity contribution is 5.97. The minimum absolute atomic E-state index is 0.0569. The van der Waals surface area contributed by atoms with Gasteiger partial charge in [-0.25, -0.2) is 9.97 Å². The Kier molecular flexibility index (Phi) is 4.07. The predicted octanol–water partition coefficient (Wildman–Crippen LogP) is 4.12. The average Bonchev–Trinajstić information content (AvgIpc) is 3.10. The maximum absolute atomic E-state index is 13.2. The van der Waals surface area contributed by atoms with E-state index < -0.39 is 0 Å². The zero-order valence-corrected chi connectivity index (χ0v) is 16.3. The summed E-state index contributed by atoms with van der Waals surface area (Å²) in [6, 6.07) is 8.25. The van der Waals surface area contributed by atoms with Gasteiger partial charge in [0.1, 0.15) is 5.82 Å². The third-order valence-electron chi connectivity index (χ3n) is 5.82. The number of rotatable bonds is 4. The third-order valence-corrected chi connectivity index (χ3v) is 5.82. The summed E-state index contributed by atoms with van der Waals surface area (Å²) in [6.07, 6.45) is 6.73. The molecule has 1 atom stereocenters. The lowest BCUT2D eigenvalue weighted by Gasteiger charge is -2.19. The lowest BCUT2D eigenvalue weighted by molar-refractivity contribution is 0.0782. The molecule has 28 heavy (non-hydrogen) atoms. The molecule has 2 fully saturated rings. The van der Waals surface area contributed by atoms with Crippen LogP contribution in [0.4, 0.5) is 0 Å². The summed E-state index contributed by atoms with van der Waals surface area (Å²) < 4.78 is 7.95. The summed E-state index contributed by atoms with van der Waals surface area (Å²) in [5.41, 5.74) is 3.59. The second kappa shape index (κ2) is 6.62. The van der Waals surface area contributed by atoms with E-state index in [1.807, 2.05) is 42.3 Å². The van der Waals surface area contributed by atoms with Gasteiger partial charge in [0.05, 0.1) is 6.04 Å². The first-order chi connectivity index (χ1) is 13.6. The van der Waals surface area contributed by atoms with Gasteiger partial charge in [-0.05, 0) is 39.2 Å². The minimum atomic E-state index is -0.0569. The van der Waals surface area contributed by atoms with Crippen molar-refractivity contribution in [2.24, 2.45) is 0 Å². The van der Waals surface area contributed by atoms with Gasteiger partial charge in [0, 0.05) is 36.5 Å². The van der Waals surface area contributed by atoms with E-state index in [9.17, 15) is 4.79 Å². The molecular formula is C22H24N4O2. The second-order valence-electron chi connectivity index (χ2n) is 8.00. The Morgan fingerprint density at radius 1 is 1.18 bits per heavy atom. The van der Waals surface area contributed by atoms with Crippen molar-refractivity contribution >= 4 is 5.91 Å². The Morgan fingerprint density at radius 3 is 2.82 bits per heavy atom. The Labute approximate surface area is 164 Å². The number of carbonyl (C=O) groups excluding carboxylic acids is 1. The number of aromatic nitrogens is 3. The van der Waals surface area contributed by atoms with Crippen LogP contribution >= 0.6 is 0 Å². The standard InChI is InChI=1S/C22H24N4O2/c1-14-4-3-5-17(10-14)20-19(24-13-28-20)22(27)25-9-8-18(12-25)26-15(2)11-23-21(26)16-6-7-16/h3-5,10-11,13,16,18H,6-9,12H2,1-2H3. The van der Waals surface area contributed by atoms with Crippen molar-refractivity contribution in [3.63, 3.8) is 0 Å². The molecule has 6 nitrogen and oxygen atoms in total. The van der Waals surface area contributed by atoms with Crippen molar-refractivity contribution in [3.8, 4) is 11.3 Å². The van der Waals surface area contributed by atoms with Crippen LogP contribution in [0.25, 0.3) is 11.3 Å². The molecule has 1 aromatic carbocycles. The molecule has 144 valence electrons. The molecule has 0 spiro atoms. The minimum Gasteiger partial charge on any atom is -0.443 e. The predicted molar refractivity (Wildman–Crippen MR) is 105 cm³/mol. The quantitative estimate of drug-likeness (QED) is 0.687. The van der Waals surface area contributed by atoms with Crippen LogP contribution in [-0.4, -0.2) is 38.4 Å². The van der Waals surface area contributed by atoms with E-state index in [4.69, 9.17) is 4.42 Å². The molecule has 1 amide bonds. The van der Waals surface area contributed by atoms with Crippen LogP contribution in [0, 0.1) is 13.8 Å². The number of imidazole rings is 1. The number of likely N-dealkylation sites (tertiary alicyclic amines) is 1. The summed E-state index contributed by atoms with van der Waals surface area (Å²) in [5.74, 6) is 2.29. The smallest absolute Gasteiger partial charge is 0.276 e. The summed E-state index contributed by atoms with van der Waals surface area (Å²) in [7, 11) is 0. The molecule has 1 aliphatic carbocycles. The lowest BCUT2D eigenvalue weighted by Crippen LogP contribution is -2.30. The SMILES string of the molecule is Cc1cccc(-c2ocnc2C(=O)N2CCC(n3c(C)cnc3C3CC3)C2)c1. The fraction of sp³-hybridized carbons (Fsp3) is 0.409. The summed E-state index contributed by atoms with van der Waals surface area (Å²) in [6.45, 7) is 5.55. The first-order valence-corrected chi connectivity index (χ1v) is 9.95. The van der Waals surface area contributed by atoms with Crippen LogP contribution in [-0.2, 0) is 0 Å². The molecule has 5 rings (SSSR count). The number of benzene rings is 1. The number of carbonyl (C=O) groups is 1. The van der Waals surface area contributed by atoms with Crippen molar-refractivity contribution in [1.29, 1.82) is 0 Å². The summed E-state index contributed by atoms with van der Waals surface area (Å²) >= 11 is 0. The zero-order valence-electron chi connectivity index (χ0n) is 16.3. The molecular weight excluding hydrogens is 352 g/mol. The second-order valence-corrected chi connectivity index (χ2v) is 8.00. The van der Waals surface area contributed by atoms with Gasteiger partial charge in [0.2, 0.25) is 0 Å². The van der Waals surface area contributed by atoms with Gasteiger partial charge in [-0.15, -0.1) is 0 Å². The molecule has 6 heteroatoms. The summed E-state index contributed by atoms with van der Waals surface area (Å²) in [4.78, 5) is 24.0. The molecule has 1 aliphatic heterocycles. The van der Waals surface area contributed by atoms with E-state index in [-0.39, 0.29) is 11.9 Å². The van der Waals surface area contributed by atoms with Gasteiger partial charge in [0.15, 0.2) is 17.8 Å². The van der Waals surface area contributed by atoms with Gasteiger partial charge in [-0.2, -0.15) is 0 Å². The molecule has 0 radical (unpaired) electrons. The largest absolute Gasteiger partial charge is 0.443 e. The molecule has 1 unspecified atom stereocenters. The molecule has 1 saturated carbocycles. The first-order valence-electron chi connectivity index (χ1n) is 9.95. The van der Waals surface area contributed by atoms with Crippen LogP contribution < -0.4 is 0 Å². The molecule has 2 aromatic heterocycles. The van der Waals surface area contributed by atoms with Crippen molar-refractivity contribution in [2.45, 2.75) is 45.1 Å². The maximum Gasteiger partial charge on any atom is 0.276 e. The highest BCUT2D eigenvalue weighted by atomic mass is 16.3. The molecule has 3 heterocycles. The van der Waals surface area contributed by atoms with E-state index in [1.165, 1.54) is 30.8 Å². The van der Waals surface area contributed by atoms with Crippen LogP contribution in [0.3, 0.4) is 0 Å². The van der Waals surface area contributed by atoms with E-state index in [0.29, 0.717) is 23.9 Å². The third kappa shape index (κ3) is 2.93. The molecule has 3 aromatic rings. The highest BCUT2D eigenvalue weighted by Crippen LogP contribution is 2.41.